The van der Waals surface area contributed by atoms with Gasteiger partial charge in [-0.15, -0.1) is 0 Å². The van der Waals surface area contributed by atoms with Gasteiger partial charge in [0, 0.05) is 30.3 Å². The number of amides is 1. The highest BCUT2D eigenvalue weighted by Gasteiger charge is 2.20. The number of hydrogen-bond donors (Lipinski definition) is 4. The number of likely N-dealkylation sites (tertiary alicyclic amines) is 1. The summed E-state index contributed by atoms with van der Waals surface area (Å²) in [6.45, 7) is 1.50. The molecule has 9 nitrogen and oxygen atoms in total. The number of hydrogen-bond acceptors (Lipinski definition) is 7. The molecule has 0 unspecified atom stereocenters. The molecule has 3 rings (SSSR count). The molecule has 0 aliphatic carbocycles. The van der Waals surface area contributed by atoms with E-state index in [9.17, 15) is 14.9 Å². The SMILES string of the molecule is N#Cc1c(-c2cccc(C(=O)N3CCCC3)c2)cc(=O)[nH]c1SC/C(=N/N)NN. The number of rotatable bonds is 5. The first-order chi connectivity index (χ1) is 14.1. The third-order valence-electron chi connectivity index (χ3n) is 4.61. The first kappa shape index (κ1) is 20.4. The third kappa shape index (κ3) is 4.59. The minimum atomic E-state index is -0.357. The van der Waals surface area contributed by atoms with E-state index in [4.69, 9.17) is 11.7 Å². The van der Waals surface area contributed by atoms with E-state index in [0.29, 0.717) is 33.1 Å². The fourth-order valence-electron chi connectivity index (χ4n) is 3.16. The van der Waals surface area contributed by atoms with Crippen LogP contribution in [0, 0.1) is 11.3 Å². The summed E-state index contributed by atoms with van der Waals surface area (Å²) in [5.41, 5.74) is 3.92. The molecular formula is C19H21N7O2S. The molecular weight excluding hydrogens is 390 g/mol. The van der Waals surface area contributed by atoms with Crippen molar-refractivity contribution in [1.29, 1.82) is 5.26 Å². The molecule has 1 aromatic carbocycles. The summed E-state index contributed by atoms with van der Waals surface area (Å²) in [6, 6.07) is 10.5. The van der Waals surface area contributed by atoms with Gasteiger partial charge in [0.2, 0.25) is 5.56 Å². The Morgan fingerprint density at radius 1 is 1.34 bits per heavy atom. The number of nitrogens with two attached hydrogens (primary N) is 2. The zero-order valence-corrected chi connectivity index (χ0v) is 16.5. The van der Waals surface area contributed by atoms with Crippen molar-refractivity contribution >= 4 is 23.5 Å². The van der Waals surface area contributed by atoms with Gasteiger partial charge >= 0.3 is 0 Å². The number of thioether (sulfide) groups is 1. The van der Waals surface area contributed by atoms with Gasteiger partial charge in [-0.2, -0.15) is 10.4 Å². The number of carbonyl (C=O) groups is 1. The number of H-pyrrole nitrogens is 1. The van der Waals surface area contributed by atoms with Crippen LogP contribution >= 0.6 is 11.8 Å². The minimum absolute atomic E-state index is 0.0416. The fourth-order valence-corrected chi connectivity index (χ4v) is 4.07. The molecule has 6 N–H and O–H groups in total. The van der Waals surface area contributed by atoms with Gasteiger partial charge in [0.15, 0.2) is 0 Å². The predicted octanol–water partition coefficient (Wildman–Crippen LogP) is 0.977. The maximum Gasteiger partial charge on any atom is 0.253 e. The van der Waals surface area contributed by atoms with Crippen molar-refractivity contribution in [2.45, 2.75) is 17.9 Å². The Labute approximate surface area is 171 Å². The number of benzene rings is 1. The number of nitrogens with one attached hydrogen (secondary N) is 2. The molecule has 0 spiro atoms. The normalized spacial score (nSPS) is 13.9. The van der Waals surface area contributed by atoms with Crippen molar-refractivity contribution < 1.29 is 4.79 Å². The van der Waals surface area contributed by atoms with Crippen LogP contribution < -0.4 is 22.7 Å². The molecule has 1 saturated heterocycles. The molecule has 1 fully saturated rings. The second kappa shape index (κ2) is 9.27. The Bertz CT molecular complexity index is 1040. The van der Waals surface area contributed by atoms with Gasteiger partial charge in [-0.05, 0) is 30.5 Å². The molecule has 0 radical (unpaired) electrons. The van der Waals surface area contributed by atoms with Crippen molar-refractivity contribution in [2.24, 2.45) is 16.8 Å². The summed E-state index contributed by atoms with van der Waals surface area (Å²) < 4.78 is 0. The number of pyridine rings is 1. The van der Waals surface area contributed by atoms with E-state index in [2.05, 4.69) is 21.6 Å². The Kier molecular flexibility index (Phi) is 6.54. The monoisotopic (exact) mass is 411 g/mol. The Morgan fingerprint density at radius 2 is 2.10 bits per heavy atom. The first-order valence-corrected chi connectivity index (χ1v) is 9.99. The second-order valence-electron chi connectivity index (χ2n) is 6.45. The summed E-state index contributed by atoms with van der Waals surface area (Å²) in [5, 5.41) is 13.6. The summed E-state index contributed by atoms with van der Waals surface area (Å²) >= 11 is 1.18. The standard InChI is InChI=1S/C19H21N7O2S/c20-10-15-14(9-17(27)23-18(15)29-11-16(24-21)25-22)12-4-3-5-13(8-12)19(28)26-6-1-2-7-26/h3-5,8-9H,1-2,6-7,11,21-22H2,(H,23,27)(H,24,25). The molecule has 0 atom stereocenters. The average molecular weight is 411 g/mol. The molecule has 2 heterocycles. The Morgan fingerprint density at radius 3 is 2.76 bits per heavy atom. The average Bonchev–Trinajstić information content (AvgIpc) is 3.28. The van der Waals surface area contributed by atoms with E-state index >= 15 is 0 Å². The number of aromatic amines is 1. The lowest BCUT2D eigenvalue weighted by molar-refractivity contribution is 0.0793. The molecule has 0 bridgehead atoms. The van der Waals surface area contributed by atoms with Gasteiger partial charge in [0.1, 0.15) is 11.9 Å². The van der Waals surface area contributed by atoms with E-state index in [0.717, 1.165) is 25.9 Å². The van der Waals surface area contributed by atoms with Gasteiger partial charge in [-0.3, -0.25) is 9.59 Å². The summed E-state index contributed by atoms with van der Waals surface area (Å²) in [4.78, 5) is 29.4. The lowest BCUT2D eigenvalue weighted by Crippen LogP contribution is -2.33. The molecule has 1 amide bonds. The quantitative estimate of drug-likeness (QED) is 0.188. The van der Waals surface area contributed by atoms with Crippen molar-refractivity contribution in [2.75, 3.05) is 18.8 Å². The van der Waals surface area contributed by atoms with Crippen LogP contribution in [0.5, 0.6) is 0 Å². The fraction of sp³-hybridized carbons (Fsp3) is 0.263. The smallest absolute Gasteiger partial charge is 0.253 e. The summed E-state index contributed by atoms with van der Waals surface area (Å²) in [5.74, 6) is 11.1. The van der Waals surface area contributed by atoms with Crippen LogP contribution in [0.2, 0.25) is 0 Å². The number of nitrogens with zero attached hydrogens (tertiary/aromatic N) is 3. The molecule has 29 heavy (non-hydrogen) atoms. The zero-order chi connectivity index (χ0) is 20.8. The van der Waals surface area contributed by atoms with E-state index < -0.39 is 0 Å². The lowest BCUT2D eigenvalue weighted by atomic mass is 10.00. The maximum absolute atomic E-state index is 12.7. The van der Waals surface area contributed by atoms with Crippen LogP contribution in [-0.2, 0) is 0 Å². The van der Waals surface area contributed by atoms with Crippen LogP contribution in [0.25, 0.3) is 11.1 Å². The summed E-state index contributed by atoms with van der Waals surface area (Å²) in [7, 11) is 0. The van der Waals surface area contributed by atoms with Crippen molar-refractivity contribution in [1.82, 2.24) is 15.3 Å². The van der Waals surface area contributed by atoms with Crippen molar-refractivity contribution in [3.05, 3.63) is 51.8 Å². The predicted molar refractivity (Wildman–Crippen MR) is 112 cm³/mol. The van der Waals surface area contributed by atoms with Crippen LogP contribution in [-0.4, -0.2) is 40.5 Å². The number of carbonyl (C=O) groups excluding carboxylic acids is 1. The highest BCUT2D eigenvalue weighted by atomic mass is 32.2. The Hall–Kier alpha value is -3.29. The molecule has 150 valence electrons. The molecule has 0 saturated carbocycles. The number of hydrazine groups is 1. The van der Waals surface area contributed by atoms with Gasteiger partial charge in [0.25, 0.3) is 5.91 Å². The topological polar surface area (TPSA) is 153 Å². The lowest BCUT2D eigenvalue weighted by Gasteiger charge is -2.16. The zero-order valence-electron chi connectivity index (χ0n) is 15.6. The molecule has 1 aromatic heterocycles. The number of amidine groups is 1. The van der Waals surface area contributed by atoms with Crippen molar-refractivity contribution in [3.63, 3.8) is 0 Å². The van der Waals surface area contributed by atoms with Crippen molar-refractivity contribution in [3.8, 4) is 17.2 Å². The van der Waals surface area contributed by atoms with Crippen LogP contribution in [0.15, 0.2) is 45.3 Å². The molecule has 10 heteroatoms. The third-order valence-corrected chi connectivity index (χ3v) is 5.62. The maximum atomic E-state index is 12.7. The van der Waals surface area contributed by atoms with E-state index in [1.165, 1.54) is 17.8 Å². The highest BCUT2D eigenvalue weighted by molar-refractivity contribution is 8.00. The van der Waals surface area contributed by atoms with Gasteiger partial charge in [-0.25, -0.2) is 5.84 Å². The number of hydrazone groups is 1. The van der Waals surface area contributed by atoms with E-state index in [-0.39, 0.29) is 17.2 Å². The van der Waals surface area contributed by atoms with Gasteiger partial charge in [0.05, 0.1) is 16.3 Å². The largest absolute Gasteiger partial charge is 0.339 e. The summed E-state index contributed by atoms with van der Waals surface area (Å²) in [6.07, 6.45) is 2.01. The van der Waals surface area contributed by atoms with E-state index in [1.807, 2.05) is 4.90 Å². The number of aromatic nitrogens is 1. The van der Waals surface area contributed by atoms with E-state index in [1.54, 1.807) is 24.3 Å². The molecule has 1 aliphatic heterocycles. The molecule has 1 aliphatic rings. The van der Waals surface area contributed by atoms with Crippen LogP contribution in [0.1, 0.15) is 28.8 Å². The van der Waals surface area contributed by atoms with Gasteiger partial charge in [-0.1, -0.05) is 23.9 Å². The molecule has 2 aromatic rings. The second-order valence-corrected chi connectivity index (χ2v) is 7.44. The highest BCUT2D eigenvalue weighted by Crippen LogP contribution is 2.29. The minimum Gasteiger partial charge on any atom is -0.339 e. The number of nitriles is 1. The van der Waals surface area contributed by atoms with Gasteiger partial charge < -0.3 is 21.2 Å². The Balaban J connectivity index is 1.98. The van der Waals surface area contributed by atoms with Crippen LogP contribution in [0.4, 0.5) is 0 Å². The van der Waals surface area contributed by atoms with Crippen LogP contribution in [0.3, 0.4) is 0 Å². The first-order valence-electron chi connectivity index (χ1n) is 9.00.